The maximum atomic E-state index is 3.69. The van der Waals surface area contributed by atoms with E-state index in [1.807, 2.05) is 12.2 Å². The van der Waals surface area contributed by atoms with E-state index >= 15 is 0 Å². The van der Waals surface area contributed by atoms with Gasteiger partial charge in [-0.05, 0) is 19.2 Å². The van der Waals surface area contributed by atoms with Gasteiger partial charge in [-0.2, -0.15) is 0 Å². The van der Waals surface area contributed by atoms with Crippen LogP contribution < -0.4 is 0 Å². The first kappa shape index (κ1) is 7.13. The van der Waals surface area contributed by atoms with E-state index in [9.17, 15) is 0 Å². The summed E-state index contributed by atoms with van der Waals surface area (Å²) in [6, 6.07) is 0.517. The fourth-order valence-corrected chi connectivity index (χ4v) is 1.01. The molecule has 54 valence electrons. The molecule has 0 N–H and O–H groups in total. The molecule has 0 bridgehead atoms. The van der Waals surface area contributed by atoms with E-state index < -0.39 is 0 Å². The molecule has 0 spiro atoms. The van der Waals surface area contributed by atoms with Crippen LogP contribution in [0.5, 0.6) is 0 Å². The molecular formula is C9H13N. The third-order valence-electron chi connectivity index (χ3n) is 1.64. The van der Waals surface area contributed by atoms with Gasteiger partial charge in [0.1, 0.15) is 0 Å². The van der Waals surface area contributed by atoms with Crippen molar-refractivity contribution in [1.82, 2.24) is 4.90 Å². The lowest BCUT2D eigenvalue weighted by Gasteiger charge is -2.25. The molecule has 0 aliphatic carbocycles. The van der Waals surface area contributed by atoms with Gasteiger partial charge in [0.25, 0.3) is 0 Å². The van der Waals surface area contributed by atoms with Crippen LogP contribution in [0, 0.1) is 0 Å². The monoisotopic (exact) mass is 135 g/mol. The van der Waals surface area contributed by atoms with Crippen LogP contribution in [0.3, 0.4) is 0 Å². The highest BCUT2D eigenvalue weighted by Gasteiger charge is 2.05. The molecule has 0 aromatic heterocycles. The van der Waals surface area contributed by atoms with Crippen molar-refractivity contribution in [3.8, 4) is 0 Å². The topological polar surface area (TPSA) is 3.24 Å². The normalized spacial score (nSPS) is 23.3. The quantitative estimate of drug-likeness (QED) is 0.523. The van der Waals surface area contributed by atoms with E-state index in [-0.39, 0.29) is 0 Å². The molecular weight excluding hydrogens is 122 g/mol. The fraction of sp³-hybridized carbons (Fsp3) is 0.333. The van der Waals surface area contributed by atoms with E-state index in [1.165, 1.54) is 0 Å². The minimum Gasteiger partial charge on any atom is -0.368 e. The number of nitrogens with zero attached hydrogens (tertiary/aromatic N) is 1. The highest BCUT2D eigenvalue weighted by atomic mass is 15.1. The Morgan fingerprint density at radius 3 is 3.00 bits per heavy atom. The number of rotatable bonds is 2. The molecule has 1 rings (SSSR count). The maximum Gasteiger partial charge on any atom is 0.0445 e. The van der Waals surface area contributed by atoms with Crippen molar-refractivity contribution < 1.29 is 0 Å². The summed E-state index contributed by atoms with van der Waals surface area (Å²) in [7, 11) is 0. The lowest BCUT2D eigenvalue weighted by atomic mass is 10.2. The van der Waals surface area contributed by atoms with Crippen LogP contribution in [0.15, 0.2) is 37.1 Å². The minimum atomic E-state index is 0.517. The highest BCUT2D eigenvalue weighted by Crippen LogP contribution is 2.06. The molecule has 1 heterocycles. The average molecular weight is 135 g/mol. The first-order chi connectivity index (χ1) is 4.84. The van der Waals surface area contributed by atoms with Crippen molar-refractivity contribution in [3.05, 3.63) is 37.1 Å². The summed E-state index contributed by atoms with van der Waals surface area (Å²) in [6.07, 6.45) is 10.3. The van der Waals surface area contributed by atoms with Gasteiger partial charge in [-0.1, -0.05) is 18.2 Å². The second-order valence-electron chi connectivity index (χ2n) is 2.45. The van der Waals surface area contributed by atoms with Crippen molar-refractivity contribution in [2.45, 2.75) is 13.0 Å². The summed E-state index contributed by atoms with van der Waals surface area (Å²) in [4.78, 5) is 2.23. The largest absolute Gasteiger partial charge is 0.368 e. The lowest BCUT2D eigenvalue weighted by molar-refractivity contribution is 0.367. The van der Waals surface area contributed by atoms with Crippen LogP contribution >= 0.6 is 0 Å². The van der Waals surface area contributed by atoms with Crippen molar-refractivity contribution in [2.24, 2.45) is 0 Å². The zero-order chi connectivity index (χ0) is 7.40. The number of hydrogen-bond donors (Lipinski definition) is 0. The summed E-state index contributed by atoms with van der Waals surface area (Å²) in [5.41, 5.74) is 0. The van der Waals surface area contributed by atoms with E-state index in [0.29, 0.717) is 6.04 Å². The van der Waals surface area contributed by atoms with Gasteiger partial charge in [-0.15, -0.1) is 6.58 Å². The van der Waals surface area contributed by atoms with Gasteiger partial charge in [0, 0.05) is 12.6 Å². The Bertz CT molecular complexity index is 168. The molecule has 1 aliphatic rings. The van der Waals surface area contributed by atoms with Crippen molar-refractivity contribution >= 4 is 0 Å². The van der Waals surface area contributed by atoms with Crippen LogP contribution in [0.4, 0.5) is 0 Å². The first-order valence-electron chi connectivity index (χ1n) is 3.56. The Kier molecular flexibility index (Phi) is 2.32. The number of allylic oxidation sites excluding steroid dienone is 2. The van der Waals surface area contributed by atoms with Gasteiger partial charge in [0.2, 0.25) is 0 Å². The second kappa shape index (κ2) is 3.25. The lowest BCUT2D eigenvalue weighted by Crippen LogP contribution is -2.27. The molecule has 1 nitrogen and oxygen atoms in total. The fourth-order valence-electron chi connectivity index (χ4n) is 1.01. The zero-order valence-corrected chi connectivity index (χ0v) is 6.33. The summed E-state index contributed by atoms with van der Waals surface area (Å²) in [5.74, 6) is 0. The summed E-state index contributed by atoms with van der Waals surface area (Å²) in [6.45, 7) is 6.79. The van der Waals surface area contributed by atoms with Crippen molar-refractivity contribution in [2.75, 3.05) is 6.54 Å². The number of hydrogen-bond acceptors (Lipinski definition) is 1. The van der Waals surface area contributed by atoms with E-state index in [4.69, 9.17) is 0 Å². The second-order valence-corrected chi connectivity index (χ2v) is 2.45. The summed E-state index contributed by atoms with van der Waals surface area (Å²) < 4.78 is 0. The van der Waals surface area contributed by atoms with E-state index in [2.05, 4.69) is 36.8 Å². The van der Waals surface area contributed by atoms with Crippen molar-refractivity contribution in [3.63, 3.8) is 0 Å². The summed E-state index contributed by atoms with van der Waals surface area (Å²) >= 11 is 0. The zero-order valence-electron chi connectivity index (χ0n) is 6.33. The van der Waals surface area contributed by atoms with E-state index in [1.54, 1.807) is 0 Å². The predicted octanol–water partition coefficient (Wildman–Crippen LogP) is 1.95. The molecule has 0 saturated carbocycles. The van der Waals surface area contributed by atoms with Crippen molar-refractivity contribution in [1.29, 1.82) is 0 Å². The summed E-state index contributed by atoms with van der Waals surface area (Å²) in [5, 5.41) is 0. The maximum absolute atomic E-state index is 3.69. The molecule has 1 atom stereocenters. The smallest absolute Gasteiger partial charge is 0.0445 e. The first-order valence-corrected chi connectivity index (χ1v) is 3.56. The average Bonchev–Trinajstić information content (AvgIpc) is 1.94. The molecule has 1 aliphatic heterocycles. The van der Waals surface area contributed by atoms with Crippen LogP contribution in [-0.4, -0.2) is 17.5 Å². The molecule has 0 fully saturated rings. The molecule has 10 heavy (non-hydrogen) atoms. The standard InChI is InChI=1S/C9H13N/c1-3-7-10-8-5-4-6-9(10)2/h3-6,8-9H,1,7H2,2H3. The van der Waals surface area contributed by atoms with Gasteiger partial charge in [0.05, 0.1) is 0 Å². The third-order valence-corrected chi connectivity index (χ3v) is 1.64. The third kappa shape index (κ3) is 1.50. The molecule has 0 amide bonds. The van der Waals surface area contributed by atoms with Crippen LogP contribution in [0.1, 0.15) is 6.92 Å². The molecule has 1 heteroatoms. The molecule has 0 radical (unpaired) electrons. The Balaban J connectivity index is 2.52. The Morgan fingerprint density at radius 1 is 1.60 bits per heavy atom. The Morgan fingerprint density at radius 2 is 2.40 bits per heavy atom. The molecule has 0 aromatic rings. The molecule has 0 aromatic carbocycles. The van der Waals surface area contributed by atoms with Crippen LogP contribution in [0.25, 0.3) is 0 Å². The molecule has 0 saturated heterocycles. The Labute approximate surface area is 62.3 Å². The van der Waals surface area contributed by atoms with Gasteiger partial charge >= 0.3 is 0 Å². The minimum absolute atomic E-state index is 0.517. The highest BCUT2D eigenvalue weighted by molar-refractivity contribution is 5.12. The van der Waals surface area contributed by atoms with E-state index in [0.717, 1.165) is 6.54 Å². The van der Waals surface area contributed by atoms with Crippen LogP contribution in [-0.2, 0) is 0 Å². The predicted molar refractivity (Wildman–Crippen MR) is 44.6 cm³/mol. The van der Waals surface area contributed by atoms with Gasteiger partial charge < -0.3 is 4.90 Å². The van der Waals surface area contributed by atoms with Crippen LogP contribution in [0.2, 0.25) is 0 Å². The van der Waals surface area contributed by atoms with Gasteiger partial charge in [-0.25, -0.2) is 0 Å². The SMILES string of the molecule is C=CCN1C=CC=CC1C. The van der Waals surface area contributed by atoms with Gasteiger partial charge in [0.15, 0.2) is 0 Å². The Hall–Kier alpha value is -0.980. The van der Waals surface area contributed by atoms with Gasteiger partial charge in [-0.3, -0.25) is 0 Å². The molecule has 1 unspecified atom stereocenters.